The van der Waals surface area contributed by atoms with Crippen LogP contribution in [0.25, 0.3) is 28.3 Å². The molecule has 1 N–H and O–H groups in total. The molecule has 0 fully saturated rings. The van der Waals surface area contributed by atoms with Crippen molar-refractivity contribution >= 4 is 5.65 Å². The van der Waals surface area contributed by atoms with Gasteiger partial charge in [0.05, 0.1) is 23.7 Å². The third kappa shape index (κ3) is 1.98. The van der Waals surface area contributed by atoms with Gasteiger partial charge in [-0.1, -0.05) is 0 Å². The van der Waals surface area contributed by atoms with Crippen molar-refractivity contribution in [3.05, 3.63) is 43.2 Å². The van der Waals surface area contributed by atoms with Gasteiger partial charge in [-0.25, -0.2) is 9.97 Å². The fourth-order valence-electron chi connectivity index (χ4n) is 2.40. The lowest BCUT2D eigenvalue weighted by atomic mass is 10.2. The maximum atomic E-state index is 4.77. The lowest BCUT2D eigenvalue weighted by Gasteiger charge is -2.06. The molecule has 0 saturated carbocycles. The summed E-state index contributed by atoms with van der Waals surface area (Å²) in [5.41, 5.74) is 3.59. The van der Waals surface area contributed by atoms with Gasteiger partial charge < -0.3 is 0 Å². The lowest BCUT2D eigenvalue weighted by Crippen LogP contribution is -2.00. The number of imidazole rings is 1. The van der Waals surface area contributed by atoms with Crippen molar-refractivity contribution < 1.29 is 0 Å². The van der Waals surface area contributed by atoms with Crippen LogP contribution in [0.3, 0.4) is 0 Å². The van der Waals surface area contributed by atoms with Crippen molar-refractivity contribution in [2.45, 2.75) is 19.9 Å². The summed E-state index contributed by atoms with van der Waals surface area (Å²) in [7, 11) is 0. The molecule has 4 rings (SSSR count). The molecule has 22 heavy (non-hydrogen) atoms. The fraction of sp³-hybridized carbons (Fsp3) is 0.200. The molecule has 4 aromatic rings. The van der Waals surface area contributed by atoms with E-state index >= 15 is 0 Å². The Bertz CT molecular complexity index is 915. The Morgan fingerprint density at radius 1 is 1.18 bits per heavy atom. The van der Waals surface area contributed by atoms with Gasteiger partial charge in [0.2, 0.25) is 0 Å². The van der Waals surface area contributed by atoms with Gasteiger partial charge >= 0.3 is 0 Å². The van der Waals surface area contributed by atoms with Crippen molar-refractivity contribution in [3.63, 3.8) is 0 Å². The summed E-state index contributed by atoms with van der Waals surface area (Å²) in [6, 6.07) is 2.28. The van der Waals surface area contributed by atoms with Crippen LogP contribution in [0.15, 0.2) is 43.2 Å². The molecule has 0 aliphatic heterocycles. The molecule has 0 amide bonds. The number of hydrogen-bond acceptors (Lipinski definition) is 4. The summed E-state index contributed by atoms with van der Waals surface area (Å²) in [5, 5.41) is 11.2. The van der Waals surface area contributed by atoms with Crippen LogP contribution in [0.5, 0.6) is 0 Å². The molecule has 0 aromatic carbocycles. The summed E-state index contributed by atoms with van der Waals surface area (Å²) in [4.78, 5) is 9.15. The van der Waals surface area contributed by atoms with Crippen LogP contribution < -0.4 is 0 Å². The number of hydrogen-bond donors (Lipinski definition) is 1. The predicted octanol–water partition coefficient (Wildman–Crippen LogP) is 2.56. The molecule has 0 bridgehead atoms. The number of aromatic nitrogens is 7. The molecule has 0 spiro atoms. The number of nitrogens with zero attached hydrogens (tertiary/aromatic N) is 6. The average Bonchev–Trinajstić information content (AvgIpc) is 3.25. The van der Waals surface area contributed by atoms with Gasteiger partial charge in [0, 0.05) is 42.5 Å². The predicted molar refractivity (Wildman–Crippen MR) is 82.2 cm³/mol. The minimum atomic E-state index is 0.317. The molecule has 0 unspecified atom stereocenters. The Hall–Kier alpha value is -2.96. The van der Waals surface area contributed by atoms with Crippen LogP contribution in [0.1, 0.15) is 19.9 Å². The number of H-pyrrole nitrogens is 1. The standard InChI is InChI=1S/C15H15N7/c1-10(2)22-9-12(8-19-22)13-5-14-16-3-4-21(14)15(20-13)11-6-17-18-7-11/h3-10H,1-2H3,(H,17,18). The summed E-state index contributed by atoms with van der Waals surface area (Å²) in [5.74, 6) is 0.802. The van der Waals surface area contributed by atoms with Gasteiger partial charge in [-0.3, -0.25) is 14.2 Å². The van der Waals surface area contributed by atoms with Gasteiger partial charge in [-0.2, -0.15) is 10.2 Å². The van der Waals surface area contributed by atoms with Crippen molar-refractivity contribution in [1.29, 1.82) is 0 Å². The highest BCUT2D eigenvalue weighted by molar-refractivity contribution is 5.68. The van der Waals surface area contributed by atoms with E-state index in [0.29, 0.717) is 6.04 Å². The van der Waals surface area contributed by atoms with Gasteiger partial charge in [0.1, 0.15) is 11.5 Å². The molecule has 0 saturated heterocycles. The zero-order valence-corrected chi connectivity index (χ0v) is 12.3. The molecule has 4 aromatic heterocycles. The first-order valence-corrected chi connectivity index (χ1v) is 7.10. The van der Waals surface area contributed by atoms with E-state index in [4.69, 9.17) is 4.98 Å². The Labute approximate surface area is 126 Å². The first-order chi connectivity index (χ1) is 10.7. The van der Waals surface area contributed by atoms with Gasteiger partial charge in [0.15, 0.2) is 0 Å². The second-order valence-corrected chi connectivity index (χ2v) is 5.41. The van der Waals surface area contributed by atoms with Crippen LogP contribution in [0, 0.1) is 0 Å². The van der Waals surface area contributed by atoms with Gasteiger partial charge in [-0.15, -0.1) is 0 Å². The smallest absolute Gasteiger partial charge is 0.149 e. The van der Waals surface area contributed by atoms with E-state index in [0.717, 1.165) is 28.3 Å². The van der Waals surface area contributed by atoms with E-state index in [9.17, 15) is 0 Å². The van der Waals surface area contributed by atoms with E-state index in [-0.39, 0.29) is 0 Å². The maximum absolute atomic E-state index is 4.77. The highest BCUT2D eigenvalue weighted by atomic mass is 15.3. The molecule has 0 radical (unpaired) electrons. The van der Waals surface area contributed by atoms with E-state index in [1.807, 2.05) is 39.9 Å². The maximum Gasteiger partial charge on any atom is 0.149 e. The SMILES string of the molecule is CC(C)n1cc(-c2cc3nccn3c(-c3cn[nH]c3)n2)cn1. The van der Waals surface area contributed by atoms with Crippen molar-refractivity contribution in [1.82, 2.24) is 34.3 Å². The molecular weight excluding hydrogens is 278 g/mol. The number of nitrogens with one attached hydrogen (secondary N) is 1. The van der Waals surface area contributed by atoms with Crippen molar-refractivity contribution in [2.24, 2.45) is 0 Å². The molecule has 0 atom stereocenters. The number of fused-ring (bicyclic) bond motifs is 1. The first kappa shape index (κ1) is 12.8. The van der Waals surface area contributed by atoms with Gasteiger partial charge in [-0.05, 0) is 13.8 Å². The Kier molecular flexibility index (Phi) is 2.78. The highest BCUT2D eigenvalue weighted by Crippen LogP contribution is 2.24. The normalized spacial score (nSPS) is 11.6. The van der Waals surface area contributed by atoms with E-state index < -0.39 is 0 Å². The lowest BCUT2D eigenvalue weighted by molar-refractivity contribution is 0.532. The Balaban J connectivity index is 1.91. The summed E-state index contributed by atoms with van der Waals surface area (Å²) in [6.45, 7) is 4.19. The van der Waals surface area contributed by atoms with Gasteiger partial charge in [0.25, 0.3) is 0 Å². The van der Waals surface area contributed by atoms with Crippen LogP contribution in [0.4, 0.5) is 0 Å². The first-order valence-electron chi connectivity index (χ1n) is 7.10. The van der Waals surface area contributed by atoms with Crippen LogP contribution in [-0.2, 0) is 0 Å². The summed E-state index contributed by atoms with van der Waals surface area (Å²) in [6.07, 6.45) is 11.1. The second-order valence-electron chi connectivity index (χ2n) is 5.41. The second kappa shape index (κ2) is 4.80. The van der Waals surface area contributed by atoms with Crippen LogP contribution >= 0.6 is 0 Å². The van der Waals surface area contributed by atoms with E-state index in [1.165, 1.54) is 0 Å². The molecule has 7 nitrogen and oxygen atoms in total. The number of rotatable bonds is 3. The third-order valence-corrected chi connectivity index (χ3v) is 3.57. The Morgan fingerprint density at radius 3 is 2.82 bits per heavy atom. The van der Waals surface area contributed by atoms with Crippen LogP contribution in [0.2, 0.25) is 0 Å². The minimum Gasteiger partial charge on any atom is -0.285 e. The molecule has 4 heterocycles. The van der Waals surface area contributed by atoms with Crippen molar-refractivity contribution in [3.8, 4) is 22.6 Å². The summed E-state index contributed by atoms with van der Waals surface area (Å²) >= 11 is 0. The molecule has 0 aliphatic carbocycles. The summed E-state index contributed by atoms with van der Waals surface area (Å²) < 4.78 is 3.87. The molecular formula is C15H15N7. The van der Waals surface area contributed by atoms with E-state index in [1.54, 1.807) is 12.4 Å². The monoisotopic (exact) mass is 293 g/mol. The van der Waals surface area contributed by atoms with Crippen LogP contribution in [-0.4, -0.2) is 34.3 Å². The van der Waals surface area contributed by atoms with Crippen molar-refractivity contribution in [2.75, 3.05) is 0 Å². The zero-order chi connectivity index (χ0) is 15.1. The topological polar surface area (TPSA) is 76.7 Å². The fourth-order valence-corrected chi connectivity index (χ4v) is 2.40. The largest absolute Gasteiger partial charge is 0.285 e. The Morgan fingerprint density at radius 2 is 2.09 bits per heavy atom. The minimum absolute atomic E-state index is 0.317. The molecule has 110 valence electrons. The average molecular weight is 293 g/mol. The van der Waals surface area contributed by atoms with E-state index in [2.05, 4.69) is 34.1 Å². The molecule has 7 heteroatoms. The third-order valence-electron chi connectivity index (χ3n) is 3.57. The highest BCUT2D eigenvalue weighted by Gasteiger charge is 2.12. The quantitative estimate of drug-likeness (QED) is 0.630. The molecule has 0 aliphatic rings. The zero-order valence-electron chi connectivity index (χ0n) is 12.3. The number of aromatic amines is 1.